The first-order valence-corrected chi connectivity index (χ1v) is 0. The van der Waals surface area contributed by atoms with E-state index in [4.69, 9.17) is 0 Å². The quantitative estimate of drug-likeness (QED) is 0.383. The Hall–Kier alpha value is 0.973. The molecule has 0 spiro atoms. The molecule has 5 heteroatoms. The first kappa shape index (κ1) is 156. The van der Waals surface area contributed by atoms with Gasteiger partial charge in [0.05, 0.1) is 0 Å². The predicted molar refractivity (Wildman–Crippen MR) is 6.44 cm³/mol. The maximum Gasteiger partial charge on any atom is 4.00 e. The fraction of sp³-hybridized carbons (Fsp3) is 0. The number of hydrogen-bond donors (Lipinski definition) is 0. The van der Waals surface area contributed by atoms with Crippen molar-refractivity contribution in [2.75, 3.05) is 0 Å². The zero-order valence-corrected chi connectivity index (χ0v) is 9.05. The monoisotopic (exact) mass is 389 g/mol. The molecule has 0 saturated heterocycles. The van der Waals surface area contributed by atoms with Crippen LogP contribution in [0.15, 0.2) is 0 Å². The third-order valence-corrected chi connectivity index (χ3v) is 0. The van der Waals surface area contributed by atoms with Gasteiger partial charge in [0.25, 0.3) is 0 Å². The summed E-state index contributed by atoms with van der Waals surface area (Å²) >= 11 is 0. The fourth-order valence-corrected chi connectivity index (χ4v) is 0. The van der Waals surface area contributed by atoms with Crippen molar-refractivity contribution in [3.8, 4) is 0 Å². The molecule has 0 amide bonds. The molecule has 0 aromatic carbocycles. The summed E-state index contributed by atoms with van der Waals surface area (Å²) in [4.78, 5) is 0. The summed E-state index contributed by atoms with van der Waals surface area (Å²) in [7, 11) is 0. The molecule has 0 heterocycles. The second-order valence-corrected chi connectivity index (χ2v) is 0. The minimum atomic E-state index is 0. The third-order valence-electron chi connectivity index (χ3n) is 0. The van der Waals surface area contributed by atoms with Crippen molar-refractivity contribution in [3.63, 3.8) is 0 Å². The third kappa shape index (κ3) is 46.4. The summed E-state index contributed by atoms with van der Waals surface area (Å²) in [5, 5.41) is 0. The van der Waals surface area contributed by atoms with Gasteiger partial charge >= 0.3 is 62.4 Å². The molecular weight excluding hydrogens is 392 g/mol. The van der Waals surface area contributed by atoms with Gasteiger partial charge in [-0.05, 0) is 0 Å². The van der Waals surface area contributed by atoms with Crippen LogP contribution in [-0.2, 0) is 31.7 Å². The molecule has 5 heavy (non-hydrogen) atoms. The Morgan fingerprint density at radius 2 is 1.00 bits per heavy atom. The van der Waals surface area contributed by atoms with Crippen molar-refractivity contribution < 1.29 is 50.5 Å². The van der Waals surface area contributed by atoms with Crippen LogP contribution in [0.4, 0.5) is 0 Å². The van der Waals surface area contributed by atoms with Gasteiger partial charge in [0.15, 0.2) is 0 Å². The Morgan fingerprint density at radius 3 is 1.00 bits per heavy atom. The van der Waals surface area contributed by atoms with Gasteiger partial charge in [0.2, 0.25) is 0 Å². The van der Waals surface area contributed by atoms with Crippen molar-refractivity contribution in [1.29, 1.82) is 0 Å². The smallest absolute Gasteiger partial charge is 2.00 e. The molecule has 0 rings (SSSR count). The maximum absolute atomic E-state index is 0. The van der Waals surface area contributed by atoms with Gasteiger partial charge in [0, 0.05) is 0 Å². The van der Waals surface area contributed by atoms with E-state index in [-0.39, 0.29) is 67.9 Å². The van der Waals surface area contributed by atoms with Crippen LogP contribution in [0.2, 0.25) is 0 Å². The SMILES string of the molecule is [Al+3].[Cf+3].[Li+].[O-2].[Zr+4]. The van der Waals surface area contributed by atoms with Gasteiger partial charge in [-0.1, -0.05) is 0 Å². The van der Waals surface area contributed by atoms with E-state index in [0.717, 1.165) is 0 Å². The van der Waals surface area contributed by atoms with Gasteiger partial charge in [0.1, 0.15) is 0 Å². The molecule has 0 saturated carbocycles. The van der Waals surface area contributed by atoms with Crippen LogP contribution in [0.3, 0.4) is 0 Å². The Morgan fingerprint density at radius 1 is 1.00 bits per heavy atom. The first-order valence-electron chi connectivity index (χ1n) is 0. The standard InChI is InChI=1S/Al.Cf.Li.O.Zr/q2*+3;+1;-2;+4. The molecule has 0 atom stereocenters. The first-order chi connectivity index (χ1) is 0. The zero-order chi connectivity index (χ0) is 0. The van der Waals surface area contributed by atoms with Crippen molar-refractivity contribution in [1.82, 2.24) is 0 Å². The predicted octanol–water partition coefficient (Wildman–Crippen LogP) is -3.50. The van der Waals surface area contributed by atoms with Crippen molar-refractivity contribution in [2.24, 2.45) is 0 Å². The molecule has 0 unspecified atom stereocenters. The molecular formula is AlCfLiOZr+9. The number of hydrogen-bond acceptors (Lipinski definition) is 0. The zero-order valence-electron chi connectivity index (χ0n) is 2.80. The van der Waals surface area contributed by atoms with E-state index in [1.807, 2.05) is 0 Å². The largest absolute Gasteiger partial charge is 4.00 e. The van der Waals surface area contributed by atoms with Crippen LogP contribution < -0.4 is 18.9 Å². The minimum Gasteiger partial charge on any atom is -2.00 e. The van der Waals surface area contributed by atoms with E-state index >= 15 is 0 Å². The van der Waals surface area contributed by atoms with Gasteiger partial charge in [-0.2, -0.15) is 0 Å². The van der Waals surface area contributed by atoms with Crippen LogP contribution in [0.1, 0.15) is 0 Å². The van der Waals surface area contributed by atoms with E-state index in [9.17, 15) is 0 Å². The average molecular weight is 392 g/mol. The molecule has 0 aliphatic carbocycles. The second kappa shape index (κ2) is 82.9. The van der Waals surface area contributed by atoms with E-state index in [2.05, 4.69) is 0 Å². The molecule has 0 aromatic rings. The topological polar surface area (TPSA) is 28.5 Å². The van der Waals surface area contributed by atoms with E-state index in [1.165, 1.54) is 0 Å². The molecule has 0 bridgehead atoms. The Bertz CT molecular complexity index is 11.6. The van der Waals surface area contributed by atoms with Crippen LogP contribution in [0, 0.1) is 0 Å². The average Bonchev–Trinajstić information content (AvgIpc) is 0. The Labute approximate surface area is 67.3 Å². The van der Waals surface area contributed by atoms with Crippen LogP contribution >= 0.6 is 0 Å². The molecule has 0 N–H and O–H groups in total. The van der Waals surface area contributed by atoms with E-state index in [0.29, 0.717) is 0 Å². The van der Waals surface area contributed by atoms with Gasteiger partial charge in [-0.15, -0.1) is 0 Å². The summed E-state index contributed by atoms with van der Waals surface area (Å²) in [6.45, 7) is 0. The van der Waals surface area contributed by atoms with Gasteiger partial charge < -0.3 is 5.48 Å². The van der Waals surface area contributed by atoms with Crippen LogP contribution in [0.5, 0.6) is 0 Å². The van der Waals surface area contributed by atoms with Crippen molar-refractivity contribution in [2.45, 2.75) is 0 Å². The fourth-order valence-electron chi connectivity index (χ4n) is 0. The molecule has 0 fully saturated rings. The van der Waals surface area contributed by atoms with Crippen LogP contribution in [0.25, 0.3) is 0 Å². The Kier molecular flexibility index (Phi) is 2590. The van der Waals surface area contributed by atoms with Crippen molar-refractivity contribution in [3.05, 3.63) is 0 Å². The Balaban J connectivity index is 0. The minimum absolute atomic E-state index is 0. The summed E-state index contributed by atoms with van der Waals surface area (Å²) < 4.78 is 0. The maximum atomic E-state index is 0. The van der Waals surface area contributed by atoms with E-state index in [1.54, 1.807) is 0 Å². The molecule has 0 aromatic heterocycles. The summed E-state index contributed by atoms with van der Waals surface area (Å²) in [6, 6.07) is 0. The molecule has 1 nitrogen and oxygen atoms in total. The number of rotatable bonds is 0. The normalized spacial score (nSPS) is 0. The van der Waals surface area contributed by atoms with E-state index < -0.39 is 0 Å². The summed E-state index contributed by atoms with van der Waals surface area (Å²) in [6.07, 6.45) is 0. The molecule has 1 radical (unpaired) electrons. The molecule has 15 valence electrons. The summed E-state index contributed by atoms with van der Waals surface area (Å²) in [5.74, 6) is 0. The second-order valence-electron chi connectivity index (χ2n) is 0. The summed E-state index contributed by atoms with van der Waals surface area (Å²) in [5.41, 5.74) is 0. The molecule has 0 aliphatic rings. The van der Waals surface area contributed by atoms with Crippen molar-refractivity contribution >= 4 is 17.4 Å². The van der Waals surface area contributed by atoms with Crippen LogP contribution in [-0.4, -0.2) is 17.4 Å². The van der Waals surface area contributed by atoms with Gasteiger partial charge in [-0.3, -0.25) is 0 Å². The van der Waals surface area contributed by atoms with Gasteiger partial charge in [-0.25, -0.2) is 0 Å². The molecule has 0 aliphatic heterocycles.